The molecule has 1 saturated carbocycles. The predicted octanol–water partition coefficient (Wildman–Crippen LogP) is 4.15. The first-order valence-electron chi connectivity index (χ1n) is 6.35. The Bertz CT molecular complexity index is 475. The van der Waals surface area contributed by atoms with Crippen molar-refractivity contribution in [3.05, 3.63) is 22.9 Å². The highest BCUT2D eigenvalue weighted by Gasteiger charge is 2.43. The van der Waals surface area contributed by atoms with Crippen LogP contribution in [0.5, 0.6) is 0 Å². The van der Waals surface area contributed by atoms with Crippen LogP contribution in [-0.4, -0.2) is 17.1 Å². The number of carbonyl (C=O) groups excluding carboxylic acids is 1. The molecular weight excluding hydrogens is 337 g/mol. The van der Waals surface area contributed by atoms with Crippen LogP contribution in [-0.2, 0) is 4.79 Å². The highest BCUT2D eigenvalue weighted by molar-refractivity contribution is 9.10. The van der Waals surface area contributed by atoms with Crippen LogP contribution in [0.1, 0.15) is 25.7 Å². The minimum absolute atomic E-state index is 0.118. The third-order valence-electron chi connectivity index (χ3n) is 3.50. The molecule has 0 saturated heterocycles. The van der Waals surface area contributed by atoms with E-state index in [0.29, 0.717) is 23.1 Å². The van der Waals surface area contributed by atoms with Gasteiger partial charge < -0.3 is 5.32 Å². The summed E-state index contributed by atoms with van der Waals surface area (Å²) in [7, 11) is 0. The zero-order chi connectivity index (χ0) is 14.8. The fourth-order valence-corrected chi connectivity index (χ4v) is 2.65. The number of halogens is 4. The summed E-state index contributed by atoms with van der Waals surface area (Å²) in [5.74, 6) is -2.31. The van der Waals surface area contributed by atoms with Crippen molar-refractivity contribution >= 4 is 27.5 Å². The second-order valence-electron chi connectivity index (χ2n) is 4.96. The summed E-state index contributed by atoms with van der Waals surface area (Å²) in [6.07, 6.45) is -1.82. The maximum absolute atomic E-state index is 12.7. The Labute approximate surface area is 123 Å². The first kappa shape index (κ1) is 15.3. The number of carbonyl (C=O) groups is 1. The van der Waals surface area contributed by atoms with E-state index in [4.69, 9.17) is 0 Å². The molecule has 7 heteroatoms. The van der Waals surface area contributed by atoms with Gasteiger partial charge in [0.05, 0.1) is 17.8 Å². The van der Waals surface area contributed by atoms with Gasteiger partial charge in [-0.15, -0.1) is 0 Å². The van der Waals surface area contributed by atoms with Crippen LogP contribution >= 0.6 is 15.9 Å². The van der Waals surface area contributed by atoms with Crippen LogP contribution in [0, 0.1) is 11.8 Å². The van der Waals surface area contributed by atoms with E-state index < -0.39 is 18.0 Å². The van der Waals surface area contributed by atoms with Crippen LogP contribution in [0.4, 0.5) is 18.9 Å². The number of aromatic nitrogens is 1. The Morgan fingerprint density at radius 1 is 1.35 bits per heavy atom. The van der Waals surface area contributed by atoms with Gasteiger partial charge in [0.2, 0.25) is 5.91 Å². The van der Waals surface area contributed by atoms with Gasteiger partial charge >= 0.3 is 6.18 Å². The van der Waals surface area contributed by atoms with Crippen LogP contribution in [0.3, 0.4) is 0 Å². The van der Waals surface area contributed by atoms with Gasteiger partial charge in [-0.3, -0.25) is 4.79 Å². The van der Waals surface area contributed by atoms with Gasteiger partial charge in [-0.25, -0.2) is 4.98 Å². The fraction of sp³-hybridized carbons (Fsp3) is 0.538. The summed E-state index contributed by atoms with van der Waals surface area (Å²) < 4.78 is 38.7. The van der Waals surface area contributed by atoms with Crippen molar-refractivity contribution in [2.24, 2.45) is 11.8 Å². The first-order valence-corrected chi connectivity index (χ1v) is 7.14. The molecule has 0 bridgehead atoms. The highest BCUT2D eigenvalue weighted by Crippen LogP contribution is 2.40. The van der Waals surface area contributed by atoms with E-state index in [9.17, 15) is 18.0 Å². The smallest absolute Gasteiger partial charge is 0.324 e. The van der Waals surface area contributed by atoms with E-state index >= 15 is 0 Å². The number of anilines is 1. The van der Waals surface area contributed by atoms with Crippen molar-refractivity contribution < 1.29 is 18.0 Å². The van der Waals surface area contributed by atoms with Gasteiger partial charge in [0.25, 0.3) is 0 Å². The number of hydrogen-bond donors (Lipinski definition) is 1. The van der Waals surface area contributed by atoms with E-state index in [1.165, 1.54) is 6.20 Å². The van der Waals surface area contributed by atoms with Gasteiger partial charge in [-0.2, -0.15) is 13.2 Å². The topological polar surface area (TPSA) is 42.0 Å². The van der Waals surface area contributed by atoms with Crippen LogP contribution in [0.2, 0.25) is 0 Å². The summed E-state index contributed by atoms with van der Waals surface area (Å²) in [6.45, 7) is 0. The van der Waals surface area contributed by atoms with Gasteiger partial charge in [0.15, 0.2) is 0 Å². The van der Waals surface area contributed by atoms with E-state index in [1.807, 2.05) is 0 Å². The summed E-state index contributed by atoms with van der Waals surface area (Å²) in [4.78, 5) is 16.0. The molecule has 2 atom stereocenters. The highest BCUT2D eigenvalue weighted by atomic mass is 79.9. The lowest BCUT2D eigenvalue weighted by Crippen LogP contribution is -2.34. The number of nitrogens with one attached hydrogen (secondary N) is 1. The number of amides is 1. The van der Waals surface area contributed by atoms with Crippen molar-refractivity contribution in [3.63, 3.8) is 0 Å². The Kier molecular flexibility index (Phi) is 4.67. The van der Waals surface area contributed by atoms with E-state index in [2.05, 4.69) is 26.2 Å². The Morgan fingerprint density at radius 2 is 2.10 bits per heavy atom. The lowest BCUT2D eigenvalue weighted by Gasteiger charge is -2.29. The molecule has 1 aliphatic carbocycles. The minimum Gasteiger partial charge on any atom is -0.324 e. The van der Waals surface area contributed by atoms with E-state index in [0.717, 1.165) is 0 Å². The zero-order valence-corrected chi connectivity index (χ0v) is 12.2. The summed E-state index contributed by atoms with van der Waals surface area (Å²) in [6, 6.07) is 3.31. The second-order valence-corrected chi connectivity index (χ2v) is 5.77. The Hall–Kier alpha value is -1.11. The molecule has 1 N–H and O–H groups in total. The average molecular weight is 351 g/mol. The van der Waals surface area contributed by atoms with E-state index in [-0.39, 0.29) is 18.7 Å². The standard InChI is InChI=1S/C13H14BrF3N2O/c14-11-5-4-10(7-18-11)19-12(20)8-2-1-3-9(6-8)13(15,16)17/h4-5,7-9H,1-3,6H2,(H,19,20). The van der Waals surface area contributed by atoms with E-state index in [1.54, 1.807) is 12.1 Å². The molecule has 1 aliphatic rings. The zero-order valence-electron chi connectivity index (χ0n) is 10.6. The quantitative estimate of drug-likeness (QED) is 0.814. The van der Waals surface area contributed by atoms with Crippen LogP contribution < -0.4 is 5.32 Å². The maximum Gasteiger partial charge on any atom is 0.391 e. The lowest BCUT2D eigenvalue weighted by molar-refractivity contribution is -0.185. The van der Waals surface area contributed by atoms with Crippen molar-refractivity contribution in [1.29, 1.82) is 0 Å². The third-order valence-corrected chi connectivity index (χ3v) is 3.97. The fourth-order valence-electron chi connectivity index (χ4n) is 2.42. The summed E-state index contributed by atoms with van der Waals surface area (Å²) >= 11 is 3.17. The van der Waals surface area contributed by atoms with Crippen LogP contribution in [0.25, 0.3) is 0 Å². The van der Waals surface area contributed by atoms with Crippen molar-refractivity contribution in [3.8, 4) is 0 Å². The molecule has 1 aromatic rings. The molecule has 1 aromatic heterocycles. The Balaban J connectivity index is 1.97. The molecule has 0 spiro atoms. The Morgan fingerprint density at radius 3 is 2.70 bits per heavy atom. The number of rotatable bonds is 2. The summed E-state index contributed by atoms with van der Waals surface area (Å²) in [5, 5.41) is 2.62. The maximum atomic E-state index is 12.7. The molecular formula is C13H14BrF3N2O. The largest absolute Gasteiger partial charge is 0.391 e. The normalized spacial score (nSPS) is 23.4. The molecule has 1 heterocycles. The average Bonchev–Trinajstić information content (AvgIpc) is 2.40. The van der Waals surface area contributed by atoms with Gasteiger partial charge in [-0.1, -0.05) is 6.42 Å². The number of nitrogens with zero attached hydrogens (tertiary/aromatic N) is 1. The number of pyridine rings is 1. The second kappa shape index (κ2) is 6.11. The molecule has 2 rings (SSSR count). The third kappa shape index (κ3) is 3.94. The molecule has 20 heavy (non-hydrogen) atoms. The molecule has 0 radical (unpaired) electrons. The molecule has 0 aromatic carbocycles. The number of hydrogen-bond acceptors (Lipinski definition) is 2. The SMILES string of the molecule is O=C(Nc1ccc(Br)nc1)C1CCCC(C(F)(F)F)C1. The monoisotopic (exact) mass is 350 g/mol. The van der Waals surface area contributed by atoms with Crippen LogP contribution in [0.15, 0.2) is 22.9 Å². The first-order chi connectivity index (χ1) is 9.36. The van der Waals surface area contributed by atoms with Crippen molar-refractivity contribution in [2.75, 3.05) is 5.32 Å². The molecule has 0 aliphatic heterocycles. The predicted molar refractivity (Wildman–Crippen MR) is 72.1 cm³/mol. The molecule has 3 nitrogen and oxygen atoms in total. The molecule has 1 amide bonds. The van der Waals surface area contributed by atoms with Gasteiger partial charge in [-0.05, 0) is 47.3 Å². The van der Waals surface area contributed by atoms with Gasteiger partial charge in [0, 0.05) is 5.92 Å². The van der Waals surface area contributed by atoms with Gasteiger partial charge in [0.1, 0.15) is 4.60 Å². The summed E-state index contributed by atoms with van der Waals surface area (Å²) in [5.41, 5.74) is 0.493. The molecule has 2 unspecified atom stereocenters. The van der Waals surface area contributed by atoms with Crippen molar-refractivity contribution in [1.82, 2.24) is 4.98 Å². The lowest BCUT2D eigenvalue weighted by atomic mass is 9.80. The van der Waals surface area contributed by atoms with Crippen molar-refractivity contribution in [2.45, 2.75) is 31.9 Å². The molecule has 110 valence electrons. The molecule has 1 fully saturated rings. The number of alkyl halides is 3. The minimum atomic E-state index is -4.21.